The van der Waals surface area contributed by atoms with Crippen LogP contribution in [0.5, 0.6) is 0 Å². The Balaban J connectivity index is 0.00000218. The fourth-order valence-corrected chi connectivity index (χ4v) is 3.65. The Kier molecular flexibility index (Phi) is 5.38. The van der Waals surface area contributed by atoms with Crippen molar-refractivity contribution in [2.24, 2.45) is 0 Å². The van der Waals surface area contributed by atoms with Gasteiger partial charge in [0, 0.05) is 40.5 Å². The molecule has 0 aliphatic carbocycles. The van der Waals surface area contributed by atoms with Gasteiger partial charge in [-0.15, -0.1) is 10.2 Å². The maximum atomic E-state index is 13.1. The summed E-state index contributed by atoms with van der Waals surface area (Å²) in [7, 11) is 0. The molecule has 2 heterocycles. The molecule has 0 spiro atoms. The molecule has 9 heteroatoms. The minimum Gasteiger partial charge on any atom is -0.323 e. The second-order valence-corrected chi connectivity index (χ2v) is 6.87. The van der Waals surface area contributed by atoms with Crippen molar-refractivity contribution < 1.29 is 9.59 Å². The molecule has 0 saturated carbocycles. The number of tetrazole rings is 1. The SMILES string of the molecule is Cc1ccc(-c2nn[nH]n2)cc1N1C(=O)CC(=O)Nc2c1ccc1ccccc21.[Na]. The van der Waals surface area contributed by atoms with Crippen LogP contribution >= 0.6 is 0 Å². The Morgan fingerprint density at radius 2 is 1.83 bits per heavy atom. The van der Waals surface area contributed by atoms with E-state index in [1.807, 2.05) is 61.5 Å². The van der Waals surface area contributed by atoms with Gasteiger partial charge in [-0.2, -0.15) is 5.21 Å². The van der Waals surface area contributed by atoms with Crippen LogP contribution in [0.2, 0.25) is 0 Å². The van der Waals surface area contributed by atoms with Gasteiger partial charge in [-0.25, -0.2) is 0 Å². The Morgan fingerprint density at radius 3 is 2.63 bits per heavy atom. The molecule has 0 bridgehead atoms. The van der Waals surface area contributed by atoms with Gasteiger partial charge < -0.3 is 5.32 Å². The van der Waals surface area contributed by atoms with E-state index in [4.69, 9.17) is 0 Å². The number of benzene rings is 3. The summed E-state index contributed by atoms with van der Waals surface area (Å²) in [5.41, 5.74) is 3.54. The fourth-order valence-electron chi connectivity index (χ4n) is 3.65. The topological polar surface area (TPSA) is 104 Å². The van der Waals surface area contributed by atoms with Crippen LogP contribution < -0.4 is 10.2 Å². The third-order valence-electron chi connectivity index (χ3n) is 5.03. The van der Waals surface area contributed by atoms with Gasteiger partial charge in [0.1, 0.15) is 6.42 Å². The number of nitrogens with one attached hydrogen (secondary N) is 2. The van der Waals surface area contributed by atoms with Crippen molar-refractivity contribution in [3.8, 4) is 11.4 Å². The van der Waals surface area contributed by atoms with Crippen molar-refractivity contribution in [2.45, 2.75) is 13.3 Å². The van der Waals surface area contributed by atoms with Crippen LogP contribution in [0, 0.1) is 6.92 Å². The van der Waals surface area contributed by atoms with Crippen molar-refractivity contribution in [1.29, 1.82) is 0 Å². The Hall–Kier alpha value is -3.07. The quantitative estimate of drug-likeness (QED) is 0.393. The van der Waals surface area contributed by atoms with Crippen LogP contribution in [0.25, 0.3) is 22.2 Å². The summed E-state index contributed by atoms with van der Waals surface area (Å²) in [6, 6.07) is 17.2. The van der Waals surface area contributed by atoms with Crippen molar-refractivity contribution >= 4 is 69.2 Å². The number of carbonyl (C=O) groups is 2. The Labute approximate surface area is 194 Å². The summed E-state index contributed by atoms with van der Waals surface area (Å²) in [4.78, 5) is 27.1. The van der Waals surface area contributed by atoms with Gasteiger partial charge in [-0.05, 0) is 35.2 Å². The Bertz CT molecular complexity index is 1270. The zero-order valence-electron chi connectivity index (χ0n) is 16.5. The van der Waals surface area contributed by atoms with Gasteiger partial charge in [-0.3, -0.25) is 14.5 Å². The Morgan fingerprint density at radius 1 is 1.00 bits per heavy atom. The van der Waals surface area contributed by atoms with E-state index in [2.05, 4.69) is 25.9 Å². The number of anilines is 3. The summed E-state index contributed by atoms with van der Waals surface area (Å²) in [5.74, 6) is -0.201. The molecule has 1 aliphatic rings. The molecule has 143 valence electrons. The molecule has 2 N–H and O–H groups in total. The van der Waals surface area contributed by atoms with Crippen LogP contribution in [-0.4, -0.2) is 62.0 Å². The zero-order valence-corrected chi connectivity index (χ0v) is 18.5. The number of nitrogens with zero attached hydrogens (tertiary/aromatic N) is 4. The number of hydrogen-bond acceptors (Lipinski definition) is 5. The molecule has 0 fully saturated rings. The summed E-state index contributed by atoms with van der Waals surface area (Å²) in [5, 5.41) is 18.9. The maximum Gasteiger partial charge on any atom is 0.241 e. The first kappa shape index (κ1) is 20.2. The van der Waals surface area contributed by atoms with Crippen LogP contribution in [0.4, 0.5) is 17.1 Å². The number of H-pyrrole nitrogens is 1. The summed E-state index contributed by atoms with van der Waals surface area (Å²) in [6.07, 6.45) is -0.241. The smallest absolute Gasteiger partial charge is 0.241 e. The minimum atomic E-state index is -0.331. The van der Waals surface area contributed by atoms with Crippen molar-refractivity contribution in [2.75, 3.05) is 10.2 Å². The van der Waals surface area contributed by atoms with E-state index in [0.29, 0.717) is 22.9 Å². The standard InChI is InChI=1S/C21H16N6O2.Na/c1-12-6-7-14(21-23-25-26-24-21)10-17(12)27-16-9-8-13-4-2-3-5-15(13)20(16)22-18(28)11-19(27)29;/h2-10H,11H2,1H3,(H,22,28)(H,23,24,25,26);. The van der Waals surface area contributed by atoms with Gasteiger partial charge in [0.2, 0.25) is 17.6 Å². The van der Waals surface area contributed by atoms with E-state index < -0.39 is 0 Å². The number of carbonyl (C=O) groups excluding carboxylic acids is 2. The molecule has 0 atom stereocenters. The first-order valence-corrected chi connectivity index (χ1v) is 9.11. The van der Waals surface area contributed by atoms with E-state index in [1.54, 1.807) is 4.90 Å². The first-order valence-electron chi connectivity index (χ1n) is 9.11. The second kappa shape index (κ2) is 7.98. The van der Waals surface area contributed by atoms with E-state index in [9.17, 15) is 9.59 Å². The van der Waals surface area contributed by atoms with E-state index in [-0.39, 0.29) is 47.8 Å². The first-order chi connectivity index (χ1) is 14.1. The molecule has 5 rings (SSSR count). The normalized spacial score (nSPS) is 13.4. The van der Waals surface area contributed by atoms with Crippen molar-refractivity contribution in [1.82, 2.24) is 20.6 Å². The zero-order chi connectivity index (χ0) is 20.0. The monoisotopic (exact) mass is 407 g/mol. The summed E-state index contributed by atoms with van der Waals surface area (Å²) >= 11 is 0. The van der Waals surface area contributed by atoms with Gasteiger partial charge in [0.15, 0.2) is 0 Å². The predicted octanol–water partition coefficient (Wildman–Crippen LogP) is 2.95. The van der Waals surface area contributed by atoms with Gasteiger partial charge in [0.05, 0.1) is 17.1 Å². The molecule has 0 saturated heterocycles. The largest absolute Gasteiger partial charge is 0.323 e. The fraction of sp³-hybridized carbons (Fsp3) is 0.0952. The average Bonchev–Trinajstić information content (AvgIpc) is 3.21. The van der Waals surface area contributed by atoms with Crippen LogP contribution in [0.15, 0.2) is 54.6 Å². The molecule has 8 nitrogen and oxygen atoms in total. The number of aryl methyl sites for hydroxylation is 1. The van der Waals surface area contributed by atoms with Crippen molar-refractivity contribution in [3.05, 3.63) is 60.2 Å². The maximum absolute atomic E-state index is 13.1. The molecule has 0 unspecified atom stereocenters. The molecule has 3 aromatic carbocycles. The minimum absolute atomic E-state index is 0. The number of aromatic amines is 1. The molecule has 1 radical (unpaired) electrons. The van der Waals surface area contributed by atoms with Gasteiger partial charge in [-0.1, -0.05) is 42.5 Å². The van der Waals surface area contributed by atoms with Crippen LogP contribution in [0.3, 0.4) is 0 Å². The van der Waals surface area contributed by atoms with Crippen LogP contribution in [0.1, 0.15) is 12.0 Å². The summed E-state index contributed by atoms with van der Waals surface area (Å²) < 4.78 is 0. The summed E-state index contributed by atoms with van der Waals surface area (Å²) in [6.45, 7) is 1.92. The van der Waals surface area contributed by atoms with E-state index in [0.717, 1.165) is 21.9 Å². The van der Waals surface area contributed by atoms with Crippen molar-refractivity contribution in [3.63, 3.8) is 0 Å². The molecule has 2 amide bonds. The molecular formula is C21H16N6NaO2. The number of rotatable bonds is 2. The number of amides is 2. The molecular weight excluding hydrogens is 391 g/mol. The predicted molar refractivity (Wildman–Crippen MR) is 114 cm³/mol. The van der Waals surface area contributed by atoms with E-state index >= 15 is 0 Å². The number of fused-ring (bicyclic) bond motifs is 3. The average molecular weight is 407 g/mol. The molecule has 1 aromatic heterocycles. The van der Waals surface area contributed by atoms with Gasteiger partial charge in [0.25, 0.3) is 0 Å². The van der Waals surface area contributed by atoms with Gasteiger partial charge >= 0.3 is 0 Å². The third-order valence-corrected chi connectivity index (χ3v) is 5.03. The van der Waals surface area contributed by atoms with E-state index in [1.165, 1.54) is 0 Å². The molecule has 4 aromatic rings. The number of hydrogen-bond donors (Lipinski definition) is 2. The third kappa shape index (κ3) is 3.39. The molecule has 30 heavy (non-hydrogen) atoms. The second-order valence-electron chi connectivity index (χ2n) is 6.87. The number of aromatic nitrogens is 4. The van der Waals surface area contributed by atoms with Crippen LogP contribution in [-0.2, 0) is 9.59 Å². The molecule has 1 aliphatic heterocycles.